The summed E-state index contributed by atoms with van der Waals surface area (Å²) in [6, 6.07) is 4.59. The van der Waals surface area contributed by atoms with Crippen LogP contribution in [0.4, 0.5) is 11.5 Å². The molecule has 2 aromatic rings. The molecule has 8 nitrogen and oxygen atoms in total. The van der Waals surface area contributed by atoms with E-state index in [1.165, 1.54) is 6.33 Å². The van der Waals surface area contributed by atoms with Crippen molar-refractivity contribution in [2.45, 2.75) is 44.9 Å². The Bertz CT molecular complexity index is 804. The van der Waals surface area contributed by atoms with Crippen molar-refractivity contribution in [3.05, 3.63) is 29.8 Å². The summed E-state index contributed by atoms with van der Waals surface area (Å²) in [5.41, 5.74) is 2.73. The predicted molar refractivity (Wildman–Crippen MR) is 101 cm³/mol. The maximum Gasteiger partial charge on any atom is 0.262 e. The minimum atomic E-state index is 0.0737. The fourth-order valence-electron chi connectivity index (χ4n) is 3.70. The number of rotatable bonds is 5. The Kier molecular flexibility index (Phi) is 5.09. The third kappa shape index (κ3) is 3.96. The Balaban J connectivity index is 1.54. The van der Waals surface area contributed by atoms with Crippen molar-refractivity contribution in [1.29, 1.82) is 0 Å². The van der Waals surface area contributed by atoms with Crippen LogP contribution in [0, 0.1) is 13.8 Å². The van der Waals surface area contributed by atoms with Crippen LogP contribution < -0.4 is 20.1 Å². The minimum absolute atomic E-state index is 0.0737. The lowest BCUT2D eigenvalue weighted by atomic mass is 9.95. The molecule has 4 rings (SSSR count). The molecule has 144 valence electrons. The van der Waals surface area contributed by atoms with Crippen LogP contribution >= 0.6 is 0 Å². The summed E-state index contributed by atoms with van der Waals surface area (Å²) in [5, 5.41) is 6.85. The molecule has 0 amide bonds. The first-order valence-corrected chi connectivity index (χ1v) is 9.23. The molecule has 8 heteroatoms. The van der Waals surface area contributed by atoms with E-state index in [0.717, 1.165) is 43.1 Å². The zero-order valence-electron chi connectivity index (χ0n) is 15.9. The fourth-order valence-corrected chi connectivity index (χ4v) is 3.70. The number of hydrogen-bond acceptors (Lipinski definition) is 8. The largest absolute Gasteiger partial charge is 0.489 e. The van der Waals surface area contributed by atoms with Gasteiger partial charge in [-0.3, -0.25) is 4.98 Å². The Morgan fingerprint density at radius 2 is 1.93 bits per heavy atom. The van der Waals surface area contributed by atoms with E-state index in [-0.39, 0.29) is 6.10 Å². The number of morpholine rings is 1. The average molecular weight is 371 g/mol. The molecule has 0 aromatic carbocycles. The van der Waals surface area contributed by atoms with Crippen LogP contribution in [0.2, 0.25) is 0 Å². The van der Waals surface area contributed by atoms with E-state index >= 15 is 0 Å². The summed E-state index contributed by atoms with van der Waals surface area (Å²) in [6.45, 7) is 5.37. The van der Waals surface area contributed by atoms with Crippen LogP contribution in [0.3, 0.4) is 0 Å². The van der Waals surface area contributed by atoms with Gasteiger partial charge in [0.2, 0.25) is 5.75 Å². The molecule has 2 atom stereocenters. The molecule has 2 fully saturated rings. The first-order valence-electron chi connectivity index (χ1n) is 9.23. The van der Waals surface area contributed by atoms with Crippen molar-refractivity contribution in [2.24, 2.45) is 0 Å². The zero-order valence-corrected chi connectivity index (χ0v) is 15.9. The SMILES string of the molecule is COc1c(Nc2ccc(C)nc2C)ncnc1OC1CC2COCC(C1)N2. The normalized spacial score (nSPS) is 24.3. The van der Waals surface area contributed by atoms with Crippen LogP contribution in [-0.2, 0) is 4.74 Å². The summed E-state index contributed by atoms with van der Waals surface area (Å²) in [7, 11) is 1.60. The maximum absolute atomic E-state index is 6.21. The van der Waals surface area contributed by atoms with Gasteiger partial charge in [-0.05, 0) is 26.0 Å². The van der Waals surface area contributed by atoms with Crippen LogP contribution in [-0.4, -0.2) is 53.5 Å². The first kappa shape index (κ1) is 17.9. The van der Waals surface area contributed by atoms with Gasteiger partial charge >= 0.3 is 0 Å². The monoisotopic (exact) mass is 371 g/mol. The molecule has 4 heterocycles. The smallest absolute Gasteiger partial charge is 0.262 e. The number of aryl methyl sites for hydroxylation is 2. The molecule has 0 radical (unpaired) electrons. The van der Waals surface area contributed by atoms with Gasteiger partial charge < -0.3 is 24.8 Å². The topological polar surface area (TPSA) is 90.4 Å². The molecular weight excluding hydrogens is 346 g/mol. The lowest BCUT2D eigenvalue weighted by Crippen LogP contribution is -2.56. The summed E-state index contributed by atoms with van der Waals surface area (Å²) < 4.78 is 17.4. The molecule has 2 unspecified atom stereocenters. The van der Waals surface area contributed by atoms with Crippen molar-refractivity contribution in [2.75, 3.05) is 25.6 Å². The second kappa shape index (κ2) is 7.66. The van der Waals surface area contributed by atoms with E-state index in [1.54, 1.807) is 7.11 Å². The van der Waals surface area contributed by atoms with Gasteiger partial charge in [-0.15, -0.1) is 0 Å². The van der Waals surface area contributed by atoms with Crippen molar-refractivity contribution in [3.8, 4) is 11.6 Å². The molecule has 2 bridgehead atoms. The number of pyridine rings is 1. The quantitative estimate of drug-likeness (QED) is 0.826. The van der Waals surface area contributed by atoms with Crippen molar-refractivity contribution in [1.82, 2.24) is 20.3 Å². The molecule has 0 saturated carbocycles. The summed E-state index contributed by atoms with van der Waals surface area (Å²) in [4.78, 5) is 13.1. The first-order chi connectivity index (χ1) is 13.1. The number of nitrogens with zero attached hydrogens (tertiary/aromatic N) is 3. The highest BCUT2D eigenvalue weighted by molar-refractivity contribution is 5.66. The van der Waals surface area contributed by atoms with Crippen molar-refractivity contribution in [3.63, 3.8) is 0 Å². The number of aromatic nitrogens is 3. The van der Waals surface area contributed by atoms with Gasteiger partial charge in [-0.1, -0.05) is 0 Å². The standard InChI is InChI=1S/C19H25N5O3/c1-11-4-5-16(12(2)22-11)24-18-17(25-3)19(21-10-20-18)27-15-6-13-8-26-9-14(7-15)23-13/h4-5,10,13-15,23H,6-9H2,1-3H3,(H,20,21,24). The number of methoxy groups -OCH3 is 1. The third-order valence-corrected chi connectivity index (χ3v) is 4.94. The van der Waals surface area contributed by atoms with Gasteiger partial charge in [0.25, 0.3) is 5.88 Å². The molecular formula is C19H25N5O3. The molecule has 2 aliphatic heterocycles. The van der Waals surface area contributed by atoms with Crippen LogP contribution in [0.5, 0.6) is 11.6 Å². The van der Waals surface area contributed by atoms with E-state index in [0.29, 0.717) is 29.5 Å². The number of nitrogens with one attached hydrogen (secondary N) is 2. The van der Waals surface area contributed by atoms with Crippen LogP contribution in [0.25, 0.3) is 0 Å². The van der Waals surface area contributed by atoms with Gasteiger partial charge in [0, 0.05) is 30.6 Å². The van der Waals surface area contributed by atoms with Gasteiger partial charge in [-0.2, -0.15) is 4.98 Å². The molecule has 2 N–H and O–H groups in total. The van der Waals surface area contributed by atoms with Gasteiger partial charge in [0.05, 0.1) is 31.7 Å². The third-order valence-electron chi connectivity index (χ3n) is 4.94. The second-order valence-electron chi connectivity index (χ2n) is 7.08. The number of piperidine rings is 1. The molecule has 2 aromatic heterocycles. The predicted octanol–water partition coefficient (Wildman–Crippen LogP) is 2.14. The summed E-state index contributed by atoms with van der Waals surface area (Å²) >= 11 is 0. The van der Waals surface area contributed by atoms with E-state index < -0.39 is 0 Å². The van der Waals surface area contributed by atoms with Gasteiger partial charge in [-0.25, -0.2) is 4.98 Å². The number of hydrogen-bond donors (Lipinski definition) is 2. The van der Waals surface area contributed by atoms with E-state index in [1.807, 2.05) is 26.0 Å². The van der Waals surface area contributed by atoms with E-state index in [4.69, 9.17) is 14.2 Å². The van der Waals surface area contributed by atoms with Crippen LogP contribution in [0.15, 0.2) is 18.5 Å². The van der Waals surface area contributed by atoms with E-state index in [2.05, 4.69) is 25.6 Å². The number of ether oxygens (including phenoxy) is 3. The Hall–Kier alpha value is -2.45. The maximum atomic E-state index is 6.21. The Morgan fingerprint density at radius 3 is 2.63 bits per heavy atom. The highest BCUT2D eigenvalue weighted by atomic mass is 16.5. The summed E-state index contributed by atoms with van der Waals surface area (Å²) in [5.74, 6) is 1.52. The van der Waals surface area contributed by atoms with Crippen molar-refractivity contribution >= 4 is 11.5 Å². The highest BCUT2D eigenvalue weighted by Gasteiger charge is 2.33. The Labute approximate surface area is 158 Å². The molecule has 0 aliphatic carbocycles. The minimum Gasteiger partial charge on any atom is -0.489 e. The number of anilines is 2. The highest BCUT2D eigenvalue weighted by Crippen LogP contribution is 2.35. The lowest BCUT2D eigenvalue weighted by molar-refractivity contribution is -0.0137. The fraction of sp³-hybridized carbons (Fsp3) is 0.526. The zero-order chi connectivity index (χ0) is 18.8. The second-order valence-corrected chi connectivity index (χ2v) is 7.08. The summed E-state index contributed by atoms with van der Waals surface area (Å²) in [6.07, 6.45) is 3.33. The average Bonchev–Trinajstić information content (AvgIpc) is 2.64. The van der Waals surface area contributed by atoms with Crippen molar-refractivity contribution < 1.29 is 14.2 Å². The van der Waals surface area contributed by atoms with Gasteiger partial charge in [0.1, 0.15) is 12.4 Å². The number of fused-ring (bicyclic) bond motifs is 2. The lowest BCUT2D eigenvalue weighted by Gasteiger charge is -2.39. The van der Waals surface area contributed by atoms with E-state index in [9.17, 15) is 0 Å². The molecule has 27 heavy (non-hydrogen) atoms. The van der Waals surface area contributed by atoms with Gasteiger partial charge in [0.15, 0.2) is 5.82 Å². The molecule has 2 saturated heterocycles. The molecule has 0 spiro atoms. The Morgan fingerprint density at radius 1 is 1.15 bits per heavy atom. The van der Waals surface area contributed by atoms with Crippen LogP contribution in [0.1, 0.15) is 24.2 Å². The molecule has 2 aliphatic rings.